The Hall–Kier alpha value is -2.15. The number of alkyl halides is 2. The minimum Gasteiger partial charge on any atom is -0.435 e. The van der Waals surface area contributed by atoms with E-state index in [0.717, 1.165) is 17.1 Å². The first-order valence-electron chi connectivity index (χ1n) is 7.26. The van der Waals surface area contributed by atoms with Crippen molar-refractivity contribution in [2.24, 2.45) is 0 Å². The van der Waals surface area contributed by atoms with Crippen molar-refractivity contribution in [3.05, 3.63) is 59.9 Å². The van der Waals surface area contributed by atoms with Gasteiger partial charge in [0.05, 0.1) is 0 Å². The van der Waals surface area contributed by atoms with Crippen LogP contribution in [0.25, 0.3) is 0 Å². The third-order valence-electron chi connectivity index (χ3n) is 3.03. The van der Waals surface area contributed by atoms with Crippen molar-refractivity contribution in [3.8, 4) is 5.75 Å². The molecule has 0 heterocycles. The Kier molecular flexibility index (Phi) is 6.99. The Balaban J connectivity index is 1.68. The second kappa shape index (κ2) is 9.22. The van der Waals surface area contributed by atoms with Gasteiger partial charge in [0.2, 0.25) is 0 Å². The van der Waals surface area contributed by atoms with Crippen LogP contribution in [0.15, 0.2) is 53.4 Å². The van der Waals surface area contributed by atoms with Crippen LogP contribution < -0.4 is 10.1 Å². The van der Waals surface area contributed by atoms with Gasteiger partial charge in [-0.2, -0.15) is 8.78 Å². The minimum absolute atomic E-state index is 0.0113. The Bertz CT molecular complexity index is 648. The molecule has 0 aliphatic carbocycles. The van der Waals surface area contributed by atoms with E-state index in [1.165, 1.54) is 36.4 Å². The van der Waals surface area contributed by atoms with Gasteiger partial charge in [-0.05, 0) is 60.7 Å². The molecule has 0 atom stereocenters. The summed E-state index contributed by atoms with van der Waals surface area (Å²) < 4.78 is 41.1. The minimum atomic E-state index is -2.89. The normalized spacial score (nSPS) is 10.7. The zero-order chi connectivity index (χ0) is 17.4. The van der Waals surface area contributed by atoms with Crippen LogP contribution in [-0.4, -0.2) is 24.8 Å². The van der Waals surface area contributed by atoms with Crippen LogP contribution in [0.5, 0.6) is 5.75 Å². The Morgan fingerprint density at radius 3 is 2.38 bits per heavy atom. The van der Waals surface area contributed by atoms with Gasteiger partial charge in [-0.15, -0.1) is 11.8 Å². The van der Waals surface area contributed by atoms with E-state index in [1.807, 2.05) is 0 Å². The average Bonchev–Trinajstić information content (AvgIpc) is 2.56. The molecule has 1 amide bonds. The van der Waals surface area contributed by atoms with Gasteiger partial charge in [0, 0.05) is 17.0 Å². The van der Waals surface area contributed by atoms with E-state index in [0.29, 0.717) is 12.1 Å². The molecule has 0 fully saturated rings. The molecule has 0 spiro atoms. The van der Waals surface area contributed by atoms with E-state index < -0.39 is 6.61 Å². The highest BCUT2D eigenvalue weighted by atomic mass is 32.2. The molecule has 24 heavy (non-hydrogen) atoms. The lowest BCUT2D eigenvalue weighted by Crippen LogP contribution is -2.24. The fourth-order valence-corrected chi connectivity index (χ4v) is 2.74. The maximum absolute atomic E-state index is 12.8. The number of ether oxygens (including phenoxy) is 1. The molecule has 0 saturated heterocycles. The number of nitrogens with one attached hydrogen (secondary N) is 1. The maximum Gasteiger partial charge on any atom is 0.387 e. The monoisotopic (exact) mass is 355 g/mol. The van der Waals surface area contributed by atoms with E-state index in [1.54, 1.807) is 23.9 Å². The molecule has 3 nitrogen and oxygen atoms in total. The molecule has 0 aromatic heterocycles. The van der Waals surface area contributed by atoms with Crippen molar-refractivity contribution in [2.45, 2.75) is 17.9 Å². The molecule has 2 aromatic carbocycles. The van der Waals surface area contributed by atoms with Gasteiger partial charge < -0.3 is 10.1 Å². The number of benzene rings is 2. The third-order valence-corrected chi connectivity index (χ3v) is 4.13. The molecule has 0 saturated carbocycles. The highest BCUT2D eigenvalue weighted by Crippen LogP contribution is 2.18. The quantitative estimate of drug-likeness (QED) is 0.565. The lowest BCUT2D eigenvalue weighted by molar-refractivity contribution is -0.0498. The molecule has 128 valence electrons. The summed E-state index contributed by atoms with van der Waals surface area (Å²) in [6.45, 7) is -2.40. The van der Waals surface area contributed by atoms with Crippen molar-refractivity contribution in [2.75, 3.05) is 12.3 Å². The van der Waals surface area contributed by atoms with Crippen molar-refractivity contribution in [3.63, 3.8) is 0 Å². The van der Waals surface area contributed by atoms with E-state index >= 15 is 0 Å². The summed E-state index contributed by atoms with van der Waals surface area (Å²) in [4.78, 5) is 12.9. The standard InChI is InChI=1S/C17H16F3NO2S/c18-13-4-8-15(9-5-13)24-11-1-10-21-16(22)12-2-6-14(7-3-12)23-17(19)20/h2-9,17H,1,10-11H2,(H,21,22). The molecular formula is C17H16F3NO2S. The van der Waals surface area contributed by atoms with Crippen LogP contribution in [0.4, 0.5) is 13.2 Å². The number of carbonyl (C=O) groups excluding carboxylic acids is 1. The lowest BCUT2D eigenvalue weighted by atomic mass is 10.2. The lowest BCUT2D eigenvalue weighted by Gasteiger charge is -2.07. The molecule has 0 aliphatic rings. The second-order valence-electron chi connectivity index (χ2n) is 4.81. The van der Waals surface area contributed by atoms with Gasteiger partial charge in [-0.1, -0.05) is 0 Å². The number of hydrogen-bond donors (Lipinski definition) is 1. The van der Waals surface area contributed by atoms with Gasteiger partial charge in [0.25, 0.3) is 5.91 Å². The summed E-state index contributed by atoms with van der Waals surface area (Å²) in [6.07, 6.45) is 0.750. The number of halogens is 3. The average molecular weight is 355 g/mol. The van der Waals surface area contributed by atoms with E-state index in [-0.39, 0.29) is 17.5 Å². The molecule has 0 bridgehead atoms. The Labute approximate surface area is 142 Å². The zero-order valence-corrected chi connectivity index (χ0v) is 13.5. The first-order valence-corrected chi connectivity index (χ1v) is 8.24. The van der Waals surface area contributed by atoms with Gasteiger partial charge in [0.1, 0.15) is 11.6 Å². The maximum atomic E-state index is 12.8. The Morgan fingerprint density at radius 1 is 1.08 bits per heavy atom. The smallest absolute Gasteiger partial charge is 0.387 e. The van der Waals surface area contributed by atoms with E-state index in [9.17, 15) is 18.0 Å². The first-order chi connectivity index (χ1) is 11.5. The van der Waals surface area contributed by atoms with E-state index in [2.05, 4.69) is 10.1 Å². The molecule has 1 N–H and O–H groups in total. The van der Waals surface area contributed by atoms with Crippen LogP contribution in [0, 0.1) is 5.82 Å². The Morgan fingerprint density at radius 2 is 1.75 bits per heavy atom. The van der Waals surface area contributed by atoms with Crippen molar-refractivity contribution < 1.29 is 22.7 Å². The van der Waals surface area contributed by atoms with Crippen LogP contribution in [-0.2, 0) is 0 Å². The predicted molar refractivity (Wildman–Crippen MR) is 87.1 cm³/mol. The van der Waals surface area contributed by atoms with E-state index in [4.69, 9.17) is 0 Å². The van der Waals surface area contributed by atoms with Crippen LogP contribution in [0.3, 0.4) is 0 Å². The van der Waals surface area contributed by atoms with Crippen LogP contribution >= 0.6 is 11.8 Å². The first kappa shape index (κ1) is 18.2. The molecular weight excluding hydrogens is 339 g/mol. The zero-order valence-electron chi connectivity index (χ0n) is 12.7. The summed E-state index contributed by atoms with van der Waals surface area (Å²) in [6, 6.07) is 11.7. The second-order valence-corrected chi connectivity index (χ2v) is 5.98. The molecule has 2 rings (SSSR count). The summed E-state index contributed by atoms with van der Waals surface area (Å²) in [5, 5.41) is 2.75. The SMILES string of the molecule is O=C(NCCCSc1ccc(F)cc1)c1ccc(OC(F)F)cc1. The highest BCUT2D eigenvalue weighted by Gasteiger charge is 2.07. The number of amides is 1. The van der Waals surface area contributed by atoms with Gasteiger partial charge >= 0.3 is 6.61 Å². The predicted octanol–water partition coefficient (Wildman–Crippen LogP) is 4.34. The largest absolute Gasteiger partial charge is 0.435 e. The highest BCUT2D eigenvalue weighted by molar-refractivity contribution is 7.99. The fraction of sp³-hybridized carbons (Fsp3) is 0.235. The third kappa shape index (κ3) is 6.16. The molecule has 0 radical (unpaired) electrons. The number of rotatable bonds is 8. The fourth-order valence-electron chi connectivity index (χ4n) is 1.88. The van der Waals surface area contributed by atoms with Gasteiger partial charge in [-0.3, -0.25) is 4.79 Å². The van der Waals surface area contributed by atoms with Gasteiger partial charge in [-0.25, -0.2) is 4.39 Å². The van der Waals surface area contributed by atoms with Crippen molar-refractivity contribution in [1.29, 1.82) is 0 Å². The van der Waals surface area contributed by atoms with Crippen LogP contribution in [0.2, 0.25) is 0 Å². The number of thioether (sulfide) groups is 1. The summed E-state index contributed by atoms with van der Waals surface area (Å²) in [7, 11) is 0. The molecule has 0 aliphatic heterocycles. The van der Waals surface area contributed by atoms with Crippen LogP contribution in [0.1, 0.15) is 16.8 Å². The number of hydrogen-bond acceptors (Lipinski definition) is 3. The van der Waals surface area contributed by atoms with Crippen molar-refractivity contribution in [1.82, 2.24) is 5.32 Å². The molecule has 7 heteroatoms. The topological polar surface area (TPSA) is 38.3 Å². The summed E-state index contributed by atoms with van der Waals surface area (Å²) in [5.74, 6) is 0.256. The summed E-state index contributed by atoms with van der Waals surface area (Å²) >= 11 is 1.58. The summed E-state index contributed by atoms with van der Waals surface area (Å²) in [5.41, 5.74) is 0.378. The molecule has 0 unspecified atom stereocenters. The number of carbonyl (C=O) groups is 1. The van der Waals surface area contributed by atoms with Crippen molar-refractivity contribution >= 4 is 17.7 Å². The molecule has 2 aromatic rings. The van der Waals surface area contributed by atoms with Gasteiger partial charge in [0.15, 0.2) is 0 Å².